The van der Waals surface area contributed by atoms with Gasteiger partial charge < -0.3 is 4.74 Å². The number of carbonyl (C=O) groups is 1. The van der Waals surface area contributed by atoms with Crippen molar-refractivity contribution in [2.24, 2.45) is 11.8 Å². The Hall–Kier alpha value is -0.790. The molecule has 0 amide bonds. The molecule has 0 bridgehead atoms. The molecule has 0 radical (unpaired) electrons. The van der Waals surface area contributed by atoms with Crippen LogP contribution in [0.5, 0.6) is 0 Å². The lowest BCUT2D eigenvalue weighted by Crippen LogP contribution is -2.24. The highest BCUT2D eigenvalue weighted by atomic mass is 16.5. The fourth-order valence-electron chi connectivity index (χ4n) is 1.78. The first-order valence-corrected chi connectivity index (χ1v) is 10.6. The summed E-state index contributed by atoms with van der Waals surface area (Å²) in [7, 11) is 1.45. The fourth-order valence-corrected chi connectivity index (χ4v) is 1.78. The predicted molar refractivity (Wildman–Crippen MR) is 116 cm³/mol. The van der Waals surface area contributed by atoms with Gasteiger partial charge >= 0.3 is 5.97 Å². The molecule has 0 heterocycles. The molecule has 1 aliphatic carbocycles. The largest absolute Gasteiger partial charge is 0.469 e. The lowest BCUT2D eigenvalue weighted by atomic mass is 9.84. The molecule has 25 heavy (non-hydrogen) atoms. The molecule has 2 heteroatoms. The summed E-state index contributed by atoms with van der Waals surface area (Å²) < 4.78 is 4.69. The SMILES string of the molecule is CCC.CCC.CCC.CCCCC.COC(=O)C1CC=CCC1C. The number of carbonyl (C=O) groups excluding carboxylic acids is 1. The minimum atomic E-state index is -0.0677. The van der Waals surface area contributed by atoms with Gasteiger partial charge in [-0.15, -0.1) is 0 Å². The summed E-state index contributed by atoms with van der Waals surface area (Å²) in [5.74, 6) is 0.458. The van der Waals surface area contributed by atoms with Crippen LogP contribution in [-0.4, -0.2) is 13.1 Å². The standard InChI is InChI=1S/C9H14O2.C5H12.3C3H8/c1-7-5-3-4-6-8(7)9(10)11-2;1-3-5-4-2;3*1-3-2/h3-4,7-8H,5-6H2,1-2H3;3-5H2,1-2H3;3*3H2,1-2H3. The van der Waals surface area contributed by atoms with E-state index >= 15 is 0 Å². The minimum absolute atomic E-state index is 0.0677. The van der Waals surface area contributed by atoms with Crippen LogP contribution in [0.4, 0.5) is 0 Å². The summed E-state index contributed by atoms with van der Waals surface area (Å²) in [5, 5.41) is 0. The fraction of sp³-hybridized carbons (Fsp3) is 0.870. The monoisotopic (exact) mass is 358 g/mol. The Kier molecular flexibility index (Phi) is 39.6. The quantitative estimate of drug-likeness (QED) is 0.375. The number of methoxy groups -OCH3 is 1. The maximum atomic E-state index is 11.1. The van der Waals surface area contributed by atoms with Crippen LogP contribution < -0.4 is 0 Å². The zero-order valence-corrected chi connectivity index (χ0v) is 19.3. The van der Waals surface area contributed by atoms with Crippen LogP contribution in [0.25, 0.3) is 0 Å². The zero-order chi connectivity index (χ0) is 20.5. The molecule has 0 fully saturated rings. The van der Waals surface area contributed by atoms with Crippen LogP contribution in [-0.2, 0) is 9.53 Å². The summed E-state index contributed by atoms with van der Waals surface area (Å²) in [5.41, 5.74) is 0. The maximum absolute atomic E-state index is 11.1. The lowest BCUT2D eigenvalue weighted by Gasteiger charge is -2.22. The molecular formula is C23H50O2. The van der Waals surface area contributed by atoms with Gasteiger partial charge in [0.2, 0.25) is 0 Å². The topological polar surface area (TPSA) is 26.3 Å². The van der Waals surface area contributed by atoms with E-state index in [1.54, 1.807) is 0 Å². The van der Waals surface area contributed by atoms with Crippen molar-refractivity contribution >= 4 is 5.97 Å². The predicted octanol–water partition coefficient (Wildman–Crippen LogP) is 8.21. The van der Waals surface area contributed by atoms with Crippen molar-refractivity contribution in [2.75, 3.05) is 7.11 Å². The van der Waals surface area contributed by atoms with Crippen molar-refractivity contribution in [1.82, 2.24) is 0 Å². The van der Waals surface area contributed by atoms with Crippen LogP contribution in [0.2, 0.25) is 0 Å². The Bertz CT molecular complexity index is 240. The van der Waals surface area contributed by atoms with Crippen molar-refractivity contribution in [3.05, 3.63) is 12.2 Å². The summed E-state index contributed by atoms with van der Waals surface area (Å²) >= 11 is 0. The highest BCUT2D eigenvalue weighted by molar-refractivity contribution is 5.73. The second kappa shape index (κ2) is 31.0. The lowest BCUT2D eigenvalue weighted by molar-refractivity contribution is -0.147. The van der Waals surface area contributed by atoms with Gasteiger partial charge in [-0.3, -0.25) is 4.79 Å². The van der Waals surface area contributed by atoms with E-state index in [0.717, 1.165) is 12.8 Å². The number of unbranched alkanes of at least 4 members (excludes halogenated alkanes) is 2. The average Bonchev–Trinajstić information content (AvgIpc) is 2.58. The summed E-state index contributed by atoms with van der Waals surface area (Å²) in [6.07, 6.45) is 13.9. The molecule has 1 rings (SSSR count). The highest BCUT2D eigenvalue weighted by Crippen LogP contribution is 2.25. The molecule has 0 aromatic heterocycles. The summed E-state index contributed by atoms with van der Waals surface area (Å²) in [6, 6.07) is 0. The third-order valence-electron chi connectivity index (χ3n) is 2.96. The van der Waals surface area contributed by atoms with E-state index in [0.29, 0.717) is 5.92 Å². The number of rotatable bonds is 3. The smallest absolute Gasteiger partial charge is 0.309 e. The maximum Gasteiger partial charge on any atom is 0.309 e. The van der Waals surface area contributed by atoms with Gasteiger partial charge in [-0.1, -0.05) is 113 Å². The molecule has 2 nitrogen and oxygen atoms in total. The van der Waals surface area contributed by atoms with Gasteiger partial charge in [-0.2, -0.15) is 0 Å². The zero-order valence-electron chi connectivity index (χ0n) is 19.3. The number of hydrogen-bond acceptors (Lipinski definition) is 2. The minimum Gasteiger partial charge on any atom is -0.469 e. The van der Waals surface area contributed by atoms with Crippen molar-refractivity contribution in [2.45, 2.75) is 114 Å². The molecule has 0 aromatic rings. The van der Waals surface area contributed by atoms with E-state index in [2.05, 4.69) is 79.2 Å². The Morgan fingerprint density at radius 3 is 1.44 bits per heavy atom. The van der Waals surface area contributed by atoms with E-state index in [1.165, 1.54) is 45.6 Å². The first kappa shape index (κ1) is 31.9. The molecule has 0 aliphatic heterocycles. The van der Waals surface area contributed by atoms with Crippen LogP contribution >= 0.6 is 0 Å². The van der Waals surface area contributed by atoms with Crippen LogP contribution in [0.15, 0.2) is 12.2 Å². The van der Waals surface area contributed by atoms with Crippen LogP contribution in [0.3, 0.4) is 0 Å². The van der Waals surface area contributed by atoms with Gasteiger partial charge in [0.15, 0.2) is 0 Å². The average molecular weight is 359 g/mol. The second-order valence-corrected chi connectivity index (χ2v) is 6.52. The Morgan fingerprint density at radius 1 is 0.840 bits per heavy atom. The second-order valence-electron chi connectivity index (χ2n) is 6.52. The Labute approximate surface area is 160 Å². The molecule has 0 spiro atoms. The first-order valence-electron chi connectivity index (χ1n) is 10.6. The number of esters is 1. The van der Waals surface area contributed by atoms with E-state index < -0.39 is 0 Å². The van der Waals surface area contributed by atoms with E-state index in [9.17, 15) is 4.79 Å². The number of allylic oxidation sites excluding steroid dienone is 2. The van der Waals surface area contributed by atoms with Gasteiger partial charge in [0, 0.05) is 0 Å². The van der Waals surface area contributed by atoms with Gasteiger partial charge in [0.25, 0.3) is 0 Å². The Morgan fingerprint density at radius 2 is 1.20 bits per heavy atom. The van der Waals surface area contributed by atoms with E-state index in [4.69, 9.17) is 0 Å². The van der Waals surface area contributed by atoms with Crippen molar-refractivity contribution in [3.63, 3.8) is 0 Å². The van der Waals surface area contributed by atoms with Gasteiger partial charge in [0.05, 0.1) is 13.0 Å². The van der Waals surface area contributed by atoms with Crippen LogP contribution in [0.1, 0.15) is 114 Å². The molecule has 2 atom stereocenters. The highest BCUT2D eigenvalue weighted by Gasteiger charge is 2.25. The summed E-state index contributed by atoms with van der Waals surface area (Å²) in [4.78, 5) is 11.1. The molecule has 1 aliphatic rings. The molecule has 0 aromatic carbocycles. The van der Waals surface area contributed by atoms with Gasteiger partial charge in [0.1, 0.15) is 0 Å². The molecular weight excluding hydrogens is 308 g/mol. The summed E-state index contributed by atoms with van der Waals surface area (Å²) in [6.45, 7) is 19.3. The molecule has 0 saturated heterocycles. The molecule has 0 N–H and O–H groups in total. The van der Waals surface area contributed by atoms with Crippen molar-refractivity contribution < 1.29 is 9.53 Å². The third-order valence-corrected chi connectivity index (χ3v) is 2.96. The van der Waals surface area contributed by atoms with Gasteiger partial charge in [-0.25, -0.2) is 0 Å². The molecule has 154 valence electrons. The molecule has 0 saturated carbocycles. The van der Waals surface area contributed by atoms with Crippen molar-refractivity contribution in [1.29, 1.82) is 0 Å². The Balaban J connectivity index is -0.000000132. The third kappa shape index (κ3) is 31.5. The normalized spacial score (nSPS) is 17.0. The van der Waals surface area contributed by atoms with E-state index in [1.807, 2.05) is 0 Å². The van der Waals surface area contributed by atoms with Crippen molar-refractivity contribution in [3.8, 4) is 0 Å². The molecule has 2 unspecified atom stereocenters. The van der Waals surface area contributed by atoms with Crippen LogP contribution in [0, 0.1) is 11.8 Å². The number of ether oxygens (including phenoxy) is 1. The first-order chi connectivity index (χ1) is 11.9. The van der Waals surface area contributed by atoms with E-state index in [-0.39, 0.29) is 11.9 Å². The number of hydrogen-bond donors (Lipinski definition) is 0. The van der Waals surface area contributed by atoms with Gasteiger partial charge in [-0.05, 0) is 18.8 Å².